The number of rotatable bonds is 2. The molecule has 0 radical (unpaired) electrons. The SMILES string of the molecule is Cc1ccc(C)c(C(N)c2cc3cc(Cl)cc(Cl)c3o2)c1. The highest BCUT2D eigenvalue weighted by molar-refractivity contribution is 6.38. The van der Waals surface area contributed by atoms with Crippen molar-refractivity contribution >= 4 is 34.2 Å². The fourth-order valence-electron chi connectivity index (χ4n) is 2.50. The van der Waals surface area contributed by atoms with Gasteiger partial charge in [-0.2, -0.15) is 0 Å². The van der Waals surface area contributed by atoms with Crippen LogP contribution < -0.4 is 5.73 Å². The Kier molecular flexibility index (Phi) is 3.70. The van der Waals surface area contributed by atoms with Crippen LogP contribution in [0.1, 0.15) is 28.5 Å². The molecule has 2 N–H and O–H groups in total. The molecule has 3 aromatic rings. The molecule has 1 unspecified atom stereocenters. The predicted octanol–water partition coefficient (Wildman–Crippen LogP) is 5.40. The van der Waals surface area contributed by atoms with E-state index in [1.807, 2.05) is 26.0 Å². The van der Waals surface area contributed by atoms with Gasteiger partial charge in [0.1, 0.15) is 5.76 Å². The number of hydrogen-bond acceptors (Lipinski definition) is 2. The van der Waals surface area contributed by atoms with Gasteiger partial charge in [-0.3, -0.25) is 0 Å². The van der Waals surface area contributed by atoms with Crippen LogP contribution >= 0.6 is 23.2 Å². The molecular formula is C17H15Cl2NO. The quantitative estimate of drug-likeness (QED) is 0.686. The first-order valence-corrected chi connectivity index (χ1v) is 7.42. The third kappa shape index (κ3) is 2.67. The molecule has 108 valence electrons. The van der Waals surface area contributed by atoms with E-state index in [1.165, 1.54) is 5.56 Å². The highest BCUT2D eigenvalue weighted by atomic mass is 35.5. The highest BCUT2D eigenvalue weighted by Gasteiger charge is 2.17. The number of halogens is 2. The summed E-state index contributed by atoms with van der Waals surface area (Å²) in [6.45, 7) is 4.09. The van der Waals surface area contributed by atoms with Crippen LogP contribution in [-0.4, -0.2) is 0 Å². The van der Waals surface area contributed by atoms with Crippen molar-refractivity contribution in [3.05, 3.63) is 68.9 Å². The molecule has 21 heavy (non-hydrogen) atoms. The van der Waals surface area contributed by atoms with E-state index in [0.29, 0.717) is 21.4 Å². The second-order valence-corrected chi connectivity index (χ2v) is 6.14. The molecule has 0 aliphatic carbocycles. The number of nitrogens with two attached hydrogens (primary N) is 1. The van der Waals surface area contributed by atoms with E-state index >= 15 is 0 Å². The molecule has 0 aliphatic rings. The molecule has 0 saturated carbocycles. The summed E-state index contributed by atoms with van der Waals surface area (Å²) >= 11 is 12.2. The number of aryl methyl sites for hydroxylation is 2. The minimum Gasteiger partial charge on any atom is -0.457 e. The van der Waals surface area contributed by atoms with Gasteiger partial charge in [-0.15, -0.1) is 0 Å². The van der Waals surface area contributed by atoms with E-state index in [9.17, 15) is 0 Å². The molecular weight excluding hydrogens is 305 g/mol. The topological polar surface area (TPSA) is 39.2 Å². The summed E-state index contributed by atoms with van der Waals surface area (Å²) in [6, 6.07) is 11.3. The van der Waals surface area contributed by atoms with Gasteiger partial charge in [-0.05, 0) is 43.2 Å². The second kappa shape index (κ2) is 5.38. The molecule has 2 nitrogen and oxygen atoms in total. The van der Waals surface area contributed by atoms with E-state index < -0.39 is 0 Å². The maximum Gasteiger partial charge on any atom is 0.153 e. The van der Waals surface area contributed by atoms with Crippen LogP contribution in [0.25, 0.3) is 11.0 Å². The van der Waals surface area contributed by atoms with Crippen LogP contribution in [-0.2, 0) is 0 Å². The van der Waals surface area contributed by atoms with Crippen LogP contribution in [0.3, 0.4) is 0 Å². The highest BCUT2D eigenvalue weighted by Crippen LogP contribution is 2.34. The van der Waals surface area contributed by atoms with Crippen molar-refractivity contribution in [2.75, 3.05) is 0 Å². The van der Waals surface area contributed by atoms with Gasteiger partial charge in [0.2, 0.25) is 0 Å². The Morgan fingerprint density at radius 2 is 1.81 bits per heavy atom. The van der Waals surface area contributed by atoms with Gasteiger partial charge in [-0.1, -0.05) is 47.0 Å². The van der Waals surface area contributed by atoms with Gasteiger partial charge < -0.3 is 10.2 Å². The lowest BCUT2D eigenvalue weighted by atomic mass is 9.98. The zero-order valence-corrected chi connectivity index (χ0v) is 13.3. The van der Waals surface area contributed by atoms with Crippen LogP contribution in [0.15, 0.2) is 40.8 Å². The Hall–Kier alpha value is -1.48. The van der Waals surface area contributed by atoms with Crippen LogP contribution in [0, 0.1) is 13.8 Å². The van der Waals surface area contributed by atoms with Gasteiger partial charge in [0.25, 0.3) is 0 Å². The second-order valence-electron chi connectivity index (χ2n) is 5.29. The number of furan rings is 1. The average molecular weight is 320 g/mol. The molecule has 4 heteroatoms. The summed E-state index contributed by atoms with van der Waals surface area (Å²) in [4.78, 5) is 0. The lowest BCUT2D eigenvalue weighted by Gasteiger charge is -2.13. The summed E-state index contributed by atoms with van der Waals surface area (Å²) in [5.74, 6) is 0.683. The number of hydrogen-bond donors (Lipinski definition) is 1. The summed E-state index contributed by atoms with van der Waals surface area (Å²) in [7, 11) is 0. The molecule has 0 aliphatic heterocycles. The molecule has 0 fully saturated rings. The van der Waals surface area contributed by atoms with E-state index in [4.69, 9.17) is 33.4 Å². The van der Waals surface area contributed by atoms with Crippen LogP contribution in [0.5, 0.6) is 0 Å². The maximum atomic E-state index is 6.37. The zero-order valence-electron chi connectivity index (χ0n) is 11.8. The molecule has 0 bridgehead atoms. The van der Waals surface area contributed by atoms with Crippen molar-refractivity contribution < 1.29 is 4.42 Å². The minimum absolute atomic E-state index is 0.327. The van der Waals surface area contributed by atoms with Crippen molar-refractivity contribution in [3.63, 3.8) is 0 Å². The van der Waals surface area contributed by atoms with E-state index in [-0.39, 0.29) is 6.04 Å². The Morgan fingerprint density at radius 3 is 2.57 bits per heavy atom. The summed E-state index contributed by atoms with van der Waals surface area (Å²) in [5, 5.41) is 1.94. The van der Waals surface area contributed by atoms with Gasteiger partial charge >= 0.3 is 0 Å². The maximum absolute atomic E-state index is 6.37. The van der Waals surface area contributed by atoms with E-state index in [1.54, 1.807) is 6.07 Å². The van der Waals surface area contributed by atoms with E-state index in [2.05, 4.69) is 18.2 Å². The average Bonchev–Trinajstić information content (AvgIpc) is 2.85. The lowest BCUT2D eigenvalue weighted by Crippen LogP contribution is -2.12. The molecule has 2 aromatic carbocycles. The molecule has 0 saturated heterocycles. The van der Waals surface area contributed by atoms with Crippen LogP contribution in [0.4, 0.5) is 0 Å². The molecule has 0 spiro atoms. The monoisotopic (exact) mass is 319 g/mol. The van der Waals surface area contributed by atoms with Crippen molar-refractivity contribution in [2.45, 2.75) is 19.9 Å². The normalized spacial score (nSPS) is 12.8. The van der Waals surface area contributed by atoms with Crippen LogP contribution in [0.2, 0.25) is 10.0 Å². The van der Waals surface area contributed by atoms with Crippen molar-refractivity contribution in [2.24, 2.45) is 5.73 Å². The Labute approximate surface area is 133 Å². The first kappa shape index (κ1) is 14.5. The standard InChI is InChI=1S/C17H15Cl2NO/c1-9-3-4-10(2)13(5-9)16(20)15-7-11-6-12(18)8-14(19)17(11)21-15/h3-8,16H,20H2,1-2H3. The third-order valence-electron chi connectivity index (χ3n) is 3.63. The van der Waals surface area contributed by atoms with E-state index in [0.717, 1.165) is 16.5 Å². The van der Waals surface area contributed by atoms with Crippen molar-refractivity contribution in [1.82, 2.24) is 0 Å². The van der Waals surface area contributed by atoms with Gasteiger partial charge in [0.15, 0.2) is 5.58 Å². The Bertz CT molecular complexity index is 823. The molecule has 1 aromatic heterocycles. The summed E-state index contributed by atoms with van der Waals surface area (Å²) in [5.41, 5.74) is 10.3. The first-order valence-electron chi connectivity index (χ1n) is 6.67. The first-order chi connectivity index (χ1) is 9.95. The Balaban J connectivity index is 2.11. The fraction of sp³-hybridized carbons (Fsp3) is 0.176. The predicted molar refractivity (Wildman–Crippen MR) is 88.2 cm³/mol. The van der Waals surface area contributed by atoms with Crippen molar-refractivity contribution in [1.29, 1.82) is 0 Å². The Morgan fingerprint density at radius 1 is 1.05 bits per heavy atom. The van der Waals surface area contributed by atoms with Gasteiger partial charge in [0.05, 0.1) is 11.1 Å². The molecule has 1 atom stereocenters. The lowest BCUT2D eigenvalue weighted by molar-refractivity contribution is 0.524. The largest absolute Gasteiger partial charge is 0.457 e. The third-order valence-corrected chi connectivity index (χ3v) is 4.13. The van der Waals surface area contributed by atoms with Gasteiger partial charge in [0, 0.05) is 10.4 Å². The fourth-order valence-corrected chi connectivity index (χ4v) is 3.04. The summed E-state index contributed by atoms with van der Waals surface area (Å²) < 4.78 is 5.85. The van der Waals surface area contributed by atoms with Crippen molar-refractivity contribution in [3.8, 4) is 0 Å². The smallest absolute Gasteiger partial charge is 0.153 e. The van der Waals surface area contributed by atoms with Gasteiger partial charge in [-0.25, -0.2) is 0 Å². The zero-order chi connectivity index (χ0) is 15.1. The number of benzene rings is 2. The summed E-state index contributed by atoms with van der Waals surface area (Å²) in [6.07, 6.45) is 0. The number of fused-ring (bicyclic) bond motifs is 1. The minimum atomic E-state index is -0.327. The molecule has 0 amide bonds. The molecule has 1 heterocycles. The molecule has 3 rings (SSSR count).